The number of pyridine rings is 1. The molecule has 158 valence electrons. The predicted molar refractivity (Wildman–Crippen MR) is 113 cm³/mol. The van der Waals surface area contributed by atoms with E-state index in [1.54, 1.807) is 30.3 Å². The number of carbonyl (C=O) groups excluding carboxylic acids is 2. The molecule has 0 aliphatic heterocycles. The molecule has 1 aromatic heterocycles. The van der Waals surface area contributed by atoms with Crippen LogP contribution in [0, 0.1) is 10.1 Å². The molecule has 3 N–H and O–H groups in total. The van der Waals surface area contributed by atoms with Gasteiger partial charge in [-0.05, 0) is 35.9 Å². The Balaban J connectivity index is 1.52. The number of nitro groups is 1. The van der Waals surface area contributed by atoms with Crippen molar-refractivity contribution in [1.29, 1.82) is 0 Å². The number of carbonyl (C=O) groups is 2. The maximum atomic E-state index is 12.0. The molecule has 0 unspecified atom stereocenters. The highest BCUT2D eigenvalue weighted by Crippen LogP contribution is 2.22. The first-order valence-electron chi connectivity index (χ1n) is 9.19. The van der Waals surface area contributed by atoms with E-state index in [-0.39, 0.29) is 23.8 Å². The van der Waals surface area contributed by atoms with Crippen LogP contribution in [0.25, 0.3) is 0 Å². The summed E-state index contributed by atoms with van der Waals surface area (Å²) in [6.45, 7) is 0.273. The summed E-state index contributed by atoms with van der Waals surface area (Å²) in [5.41, 5.74) is 1.48. The smallest absolute Gasteiger partial charge is 0.319 e. The zero-order chi connectivity index (χ0) is 22.2. The van der Waals surface area contributed by atoms with E-state index < -0.39 is 11.0 Å². The second-order valence-corrected chi connectivity index (χ2v) is 6.31. The van der Waals surface area contributed by atoms with Gasteiger partial charge in [0.15, 0.2) is 0 Å². The lowest BCUT2D eigenvalue weighted by molar-refractivity contribution is -0.384. The summed E-state index contributed by atoms with van der Waals surface area (Å²) in [6, 6.07) is 15.4. The number of rotatable bonds is 7. The number of anilines is 1. The number of amides is 3. The molecular formula is C21H19N5O5. The molecule has 0 fully saturated rings. The standard InChI is InChI=1S/C21H19N5O5/c1-22-20(27)19-12-18(10-11-23-19)31-17-8-2-14(3-9-17)13-24-21(28)25-15-4-6-16(7-5-15)26(29)30/h2-12H,13H2,1H3,(H,22,27)(H2,24,25,28). The van der Waals surface area contributed by atoms with Crippen LogP contribution >= 0.6 is 0 Å². The van der Waals surface area contributed by atoms with Gasteiger partial charge in [0, 0.05) is 43.7 Å². The highest BCUT2D eigenvalue weighted by Gasteiger charge is 2.08. The highest BCUT2D eigenvalue weighted by molar-refractivity contribution is 5.92. The molecule has 10 heteroatoms. The van der Waals surface area contributed by atoms with Crippen molar-refractivity contribution in [2.75, 3.05) is 12.4 Å². The van der Waals surface area contributed by atoms with Gasteiger partial charge in [-0.15, -0.1) is 0 Å². The molecule has 0 aliphatic carbocycles. The second kappa shape index (κ2) is 9.83. The molecule has 0 saturated heterocycles. The summed E-state index contributed by atoms with van der Waals surface area (Å²) >= 11 is 0. The Morgan fingerprint density at radius 2 is 1.74 bits per heavy atom. The van der Waals surface area contributed by atoms with Crippen molar-refractivity contribution in [1.82, 2.24) is 15.6 Å². The van der Waals surface area contributed by atoms with E-state index in [2.05, 4.69) is 20.9 Å². The van der Waals surface area contributed by atoms with Crippen LogP contribution in [-0.4, -0.2) is 28.9 Å². The SMILES string of the molecule is CNC(=O)c1cc(Oc2ccc(CNC(=O)Nc3ccc([N+](=O)[O-])cc3)cc2)ccn1. The maximum Gasteiger partial charge on any atom is 0.319 e. The third-order valence-electron chi connectivity index (χ3n) is 4.14. The molecule has 0 atom stereocenters. The van der Waals surface area contributed by atoms with Crippen LogP contribution in [0.1, 0.15) is 16.1 Å². The molecule has 10 nitrogen and oxygen atoms in total. The molecule has 3 rings (SSSR count). The summed E-state index contributed by atoms with van der Waals surface area (Å²) in [7, 11) is 1.52. The Labute approximate surface area is 177 Å². The molecule has 0 spiro atoms. The Morgan fingerprint density at radius 3 is 2.39 bits per heavy atom. The Morgan fingerprint density at radius 1 is 1.03 bits per heavy atom. The number of ether oxygens (including phenoxy) is 1. The van der Waals surface area contributed by atoms with E-state index in [1.165, 1.54) is 43.6 Å². The largest absolute Gasteiger partial charge is 0.457 e. The fraction of sp³-hybridized carbons (Fsp3) is 0.0952. The van der Waals surface area contributed by atoms with Crippen LogP contribution in [0.3, 0.4) is 0 Å². The average molecular weight is 421 g/mol. The normalized spacial score (nSPS) is 10.1. The third-order valence-corrected chi connectivity index (χ3v) is 4.14. The van der Waals surface area contributed by atoms with Gasteiger partial charge in [0.2, 0.25) is 0 Å². The van der Waals surface area contributed by atoms with Crippen molar-refractivity contribution in [3.05, 3.63) is 88.2 Å². The van der Waals surface area contributed by atoms with Crippen molar-refractivity contribution in [2.45, 2.75) is 6.54 Å². The second-order valence-electron chi connectivity index (χ2n) is 6.31. The first-order chi connectivity index (χ1) is 14.9. The maximum absolute atomic E-state index is 12.0. The van der Waals surface area contributed by atoms with Crippen LogP contribution in [0.5, 0.6) is 11.5 Å². The van der Waals surface area contributed by atoms with Crippen LogP contribution < -0.4 is 20.7 Å². The molecular weight excluding hydrogens is 402 g/mol. The van der Waals surface area contributed by atoms with Crippen LogP contribution in [0.4, 0.5) is 16.2 Å². The van der Waals surface area contributed by atoms with Crippen LogP contribution in [0.15, 0.2) is 66.9 Å². The van der Waals surface area contributed by atoms with E-state index >= 15 is 0 Å². The summed E-state index contributed by atoms with van der Waals surface area (Å²) in [6.07, 6.45) is 1.49. The highest BCUT2D eigenvalue weighted by atomic mass is 16.6. The number of urea groups is 1. The minimum absolute atomic E-state index is 0.0510. The van der Waals surface area contributed by atoms with Gasteiger partial charge >= 0.3 is 6.03 Å². The molecule has 3 aromatic rings. The van der Waals surface area contributed by atoms with Gasteiger partial charge < -0.3 is 20.7 Å². The molecule has 0 bridgehead atoms. The topological polar surface area (TPSA) is 135 Å². The van der Waals surface area contributed by atoms with Gasteiger partial charge in [0.1, 0.15) is 17.2 Å². The van der Waals surface area contributed by atoms with Crippen molar-refractivity contribution in [3.63, 3.8) is 0 Å². The number of nitro benzene ring substituents is 1. The van der Waals surface area contributed by atoms with Gasteiger partial charge in [-0.2, -0.15) is 0 Å². The van der Waals surface area contributed by atoms with E-state index in [0.29, 0.717) is 17.2 Å². The van der Waals surface area contributed by atoms with Gasteiger partial charge in [-0.25, -0.2) is 4.79 Å². The number of nitrogens with one attached hydrogen (secondary N) is 3. The molecule has 2 aromatic carbocycles. The van der Waals surface area contributed by atoms with Crippen molar-refractivity contribution in [2.24, 2.45) is 0 Å². The number of hydrogen-bond donors (Lipinski definition) is 3. The van der Waals surface area contributed by atoms with Crippen LogP contribution in [-0.2, 0) is 6.54 Å². The van der Waals surface area contributed by atoms with E-state index in [4.69, 9.17) is 4.74 Å². The Hall–Kier alpha value is -4.47. The van der Waals surface area contributed by atoms with Crippen LogP contribution in [0.2, 0.25) is 0 Å². The minimum Gasteiger partial charge on any atom is -0.457 e. The molecule has 0 saturated carbocycles. The number of hydrogen-bond acceptors (Lipinski definition) is 6. The average Bonchev–Trinajstić information content (AvgIpc) is 2.78. The van der Waals surface area contributed by atoms with Crippen molar-refractivity contribution < 1.29 is 19.2 Å². The lowest BCUT2D eigenvalue weighted by Gasteiger charge is -2.09. The fourth-order valence-electron chi connectivity index (χ4n) is 2.56. The predicted octanol–water partition coefficient (Wildman–Crippen LogP) is 3.46. The van der Waals surface area contributed by atoms with Gasteiger partial charge in [-0.3, -0.25) is 19.9 Å². The molecule has 0 aliphatic rings. The Bertz CT molecular complexity index is 1080. The lowest BCUT2D eigenvalue weighted by Crippen LogP contribution is -2.28. The first kappa shape index (κ1) is 21.2. The number of non-ortho nitro benzene ring substituents is 1. The summed E-state index contributed by atoms with van der Waals surface area (Å²) in [5.74, 6) is 0.731. The lowest BCUT2D eigenvalue weighted by atomic mass is 10.2. The molecule has 1 heterocycles. The zero-order valence-corrected chi connectivity index (χ0v) is 16.5. The quantitative estimate of drug-likeness (QED) is 0.395. The fourth-order valence-corrected chi connectivity index (χ4v) is 2.56. The zero-order valence-electron chi connectivity index (χ0n) is 16.5. The number of benzene rings is 2. The minimum atomic E-state index is -0.507. The molecule has 31 heavy (non-hydrogen) atoms. The van der Waals surface area contributed by atoms with Gasteiger partial charge in [-0.1, -0.05) is 12.1 Å². The van der Waals surface area contributed by atoms with E-state index in [9.17, 15) is 19.7 Å². The third kappa shape index (κ3) is 6.00. The van der Waals surface area contributed by atoms with Crippen molar-refractivity contribution >= 4 is 23.3 Å². The molecule has 3 amide bonds. The van der Waals surface area contributed by atoms with Gasteiger partial charge in [0.25, 0.3) is 11.6 Å². The first-order valence-corrected chi connectivity index (χ1v) is 9.19. The Kier molecular flexibility index (Phi) is 6.74. The molecule has 0 radical (unpaired) electrons. The van der Waals surface area contributed by atoms with Crippen molar-refractivity contribution in [3.8, 4) is 11.5 Å². The van der Waals surface area contributed by atoms with E-state index in [0.717, 1.165) is 5.56 Å². The number of nitrogens with zero attached hydrogens (tertiary/aromatic N) is 2. The summed E-state index contributed by atoms with van der Waals surface area (Å²) in [5, 5.41) is 18.5. The number of aromatic nitrogens is 1. The monoisotopic (exact) mass is 421 g/mol. The van der Waals surface area contributed by atoms with E-state index in [1.807, 2.05) is 0 Å². The summed E-state index contributed by atoms with van der Waals surface area (Å²) in [4.78, 5) is 37.8. The summed E-state index contributed by atoms with van der Waals surface area (Å²) < 4.78 is 5.73. The van der Waals surface area contributed by atoms with Gasteiger partial charge in [0.05, 0.1) is 4.92 Å².